The lowest BCUT2D eigenvalue weighted by molar-refractivity contribution is 0.718. The molecule has 0 bridgehead atoms. The van der Waals surface area contributed by atoms with Gasteiger partial charge < -0.3 is 0 Å². The molecule has 0 saturated carbocycles. The first-order valence-electron chi connectivity index (χ1n) is 6.26. The van der Waals surface area contributed by atoms with E-state index in [1.807, 2.05) is 48.5 Å². The summed E-state index contributed by atoms with van der Waals surface area (Å²) in [5.74, 6) is 0.532. The summed E-state index contributed by atoms with van der Waals surface area (Å²) < 4.78 is 0. The molecule has 3 rings (SSSR count). The van der Waals surface area contributed by atoms with Gasteiger partial charge in [-0.05, 0) is 22.9 Å². The van der Waals surface area contributed by atoms with Crippen LogP contribution in [0.4, 0.5) is 0 Å². The topological polar surface area (TPSA) is 67.4 Å². The summed E-state index contributed by atoms with van der Waals surface area (Å²) in [6.07, 6.45) is 0. The molecule has 0 saturated heterocycles. The first kappa shape index (κ1) is 13.5. The normalized spacial score (nSPS) is 10.3. The van der Waals surface area contributed by atoms with Gasteiger partial charge in [0.25, 0.3) is 0 Å². The molecule has 0 unspecified atom stereocenters. The summed E-state index contributed by atoms with van der Waals surface area (Å²) in [5.41, 5.74) is 3.05. The molecule has 0 radical (unpaired) electrons. The maximum absolute atomic E-state index is 9.27. The first-order chi connectivity index (χ1) is 10.3. The van der Waals surface area contributed by atoms with Gasteiger partial charge in [0, 0.05) is 10.9 Å². The number of aromatic nitrogens is 4. The molecular weight excluding hydrogens is 330 g/mol. The van der Waals surface area contributed by atoms with Crippen molar-refractivity contribution >= 4 is 15.9 Å². The monoisotopic (exact) mass is 339 g/mol. The van der Waals surface area contributed by atoms with Crippen LogP contribution in [-0.2, 0) is 5.33 Å². The van der Waals surface area contributed by atoms with Crippen molar-refractivity contribution in [1.82, 2.24) is 20.2 Å². The Morgan fingerprint density at radius 3 is 2.67 bits per heavy atom. The maximum Gasteiger partial charge on any atom is 0.205 e. The number of halogens is 1. The van der Waals surface area contributed by atoms with Crippen LogP contribution in [0.2, 0.25) is 0 Å². The van der Waals surface area contributed by atoms with Gasteiger partial charge in [-0.1, -0.05) is 52.3 Å². The van der Waals surface area contributed by atoms with E-state index in [9.17, 15) is 5.26 Å². The molecule has 0 N–H and O–H groups in total. The molecule has 0 atom stereocenters. The summed E-state index contributed by atoms with van der Waals surface area (Å²) in [4.78, 5) is 1.39. The zero-order valence-corrected chi connectivity index (χ0v) is 12.5. The highest BCUT2D eigenvalue weighted by Gasteiger charge is 2.11. The van der Waals surface area contributed by atoms with Crippen molar-refractivity contribution in [2.75, 3.05) is 0 Å². The number of hydrogen-bond donors (Lipinski definition) is 0. The van der Waals surface area contributed by atoms with Crippen molar-refractivity contribution < 1.29 is 0 Å². The Morgan fingerprint density at radius 1 is 1.14 bits per heavy atom. The van der Waals surface area contributed by atoms with Gasteiger partial charge in [0.2, 0.25) is 5.82 Å². The van der Waals surface area contributed by atoms with Crippen LogP contribution in [-0.4, -0.2) is 20.2 Å². The fraction of sp³-hybridized carbons (Fsp3) is 0.0667. The summed E-state index contributed by atoms with van der Waals surface area (Å²) in [5, 5.41) is 22.4. The van der Waals surface area contributed by atoms with Crippen LogP contribution in [0, 0.1) is 11.3 Å². The SMILES string of the molecule is N#Cc1cc(CBr)ccc1-n1nnc(-c2ccccc2)n1. The van der Waals surface area contributed by atoms with Crippen LogP contribution in [0.15, 0.2) is 48.5 Å². The molecule has 0 fully saturated rings. The van der Waals surface area contributed by atoms with Crippen molar-refractivity contribution in [3.05, 3.63) is 59.7 Å². The zero-order chi connectivity index (χ0) is 14.7. The van der Waals surface area contributed by atoms with Crippen molar-refractivity contribution in [2.24, 2.45) is 0 Å². The molecule has 1 aromatic heterocycles. The van der Waals surface area contributed by atoms with E-state index in [1.165, 1.54) is 4.80 Å². The van der Waals surface area contributed by atoms with Gasteiger partial charge in [-0.15, -0.1) is 15.0 Å². The van der Waals surface area contributed by atoms with E-state index in [2.05, 4.69) is 37.4 Å². The van der Waals surface area contributed by atoms with Gasteiger partial charge in [0.1, 0.15) is 11.8 Å². The van der Waals surface area contributed by atoms with Crippen LogP contribution < -0.4 is 0 Å². The molecule has 0 aliphatic heterocycles. The quantitative estimate of drug-likeness (QED) is 0.687. The number of hydrogen-bond acceptors (Lipinski definition) is 4. The zero-order valence-electron chi connectivity index (χ0n) is 10.9. The number of alkyl halides is 1. The smallest absolute Gasteiger partial charge is 0.192 e. The molecule has 6 heteroatoms. The predicted molar refractivity (Wildman–Crippen MR) is 81.9 cm³/mol. The lowest BCUT2D eigenvalue weighted by atomic mass is 10.1. The average Bonchev–Trinajstić information content (AvgIpc) is 3.04. The number of nitrogens with zero attached hydrogens (tertiary/aromatic N) is 5. The molecule has 0 aliphatic rings. The molecule has 21 heavy (non-hydrogen) atoms. The number of nitriles is 1. The second kappa shape index (κ2) is 5.85. The van der Waals surface area contributed by atoms with Crippen LogP contribution in [0.3, 0.4) is 0 Å². The minimum atomic E-state index is 0.518. The highest BCUT2D eigenvalue weighted by Crippen LogP contribution is 2.18. The molecule has 0 amide bonds. The van der Waals surface area contributed by atoms with Gasteiger partial charge in [-0.25, -0.2) is 0 Å². The highest BCUT2D eigenvalue weighted by molar-refractivity contribution is 9.08. The van der Waals surface area contributed by atoms with Gasteiger partial charge in [0.05, 0.1) is 5.56 Å². The van der Waals surface area contributed by atoms with Crippen molar-refractivity contribution in [2.45, 2.75) is 5.33 Å². The maximum atomic E-state index is 9.27. The molecule has 3 aromatic rings. The lowest BCUT2D eigenvalue weighted by Gasteiger charge is -2.03. The Morgan fingerprint density at radius 2 is 1.95 bits per heavy atom. The molecule has 0 spiro atoms. The predicted octanol–water partition coefficient (Wildman–Crippen LogP) is 3.10. The number of tetrazole rings is 1. The second-order valence-corrected chi connectivity index (χ2v) is 4.93. The standard InChI is InChI=1S/C15H10BrN5/c16-9-11-6-7-14(13(8-11)10-17)21-19-15(18-20-21)12-4-2-1-3-5-12/h1-8H,9H2. The fourth-order valence-electron chi connectivity index (χ4n) is 1.95. The Bertz CT molecular complexity index is 804. The van der Waals surface area contributed by atoms with Crippen molar-refractivity contribution in [1.29, 1.82) is 5.26 Å². The van der Waals surface area contributed by atoms with Gasteiger partial charge in [0.15, 0.2) is 0 Å². The van der Waals surface area contributed by atoms with E-state index in [1.54, 1.807) is 0 Å². The van der Waals surface area contributed by atoms with Crippen LogP contribution in [0.25, 0.3) is 17.1 Å². The van der Waals surface area contributed by atoms with Gasteiger partial charge in [-0.3, -0.25) is 0 Å². The van der Waals surface area contributed by atoms with Gasteiger partial charge in [-0.2, -0.15) is 5.26 Å². The summed E-state index contributed by atoms with van der Waals surface area (Å²) in [6.45, 7) is 0. The third-order valence-corrected chi connectivity index (χ3v) is 3.64. The van der Waals surface area contributed by atoms with E-state index < -0.39 is 0 Å². The molecule has 1 heterocycles. The molecule has 2 aromatic carbocycles. The average molecular weight is 340 g/mol. The van der Waals surface area contributed by atoms with E-state index in [4.69, 9.17) is 0 Å². The number of benzene rings is 2. The lowest BCUT2D eigenvalue weighted by Crippen LogP contribution is -2.02. The summed E-state index contributed by atoms with van der Waals surface area (Å²) in [7, 11) is 0. The number of rotatable bonds is 3. The Kier molecular flexibility index (Phi) is 3.75. The van der Waals surface area contributed by atoms with Crippen LogP contribution in [0.1, 0.15) is 11.1 Å². The Balaban J connectivity index is 2.03. The molecular formula is C15H10BrN5. The van der Waals surface area contributed by atoms with E-state index >= 15 is 0 Å². The minimum absolute atomic E-state index is 0.518. The largest absolute Gasteiger partial charge is 0.205 e. The minimum Gasteiger partial charge on any atom is -0.192 e. The van der Waals surface area contributed by atoms with E-state index in [0.717, 1.165) is 11.1 Å². The summed E-state index contributed by atoms with van der Waals surface area (Å²) in [6, 6.07) is 17.3. The second-order valence-electron chi connectivity index (χ2n) is 4.37. The molecule has 5 nitrogen and oxygen atoms in total. The molecule has 0 aliphatic carbocycles. The van der Waals surface area contributed by atoms with Crippen molar-refractivity contribution in [3.63, 3.8) is 0 Å². The van der Waals surface area contributed by atoms with E-state index in [-0.39, 0.29) is 0 Å². The highest BCUT2D eigenvalue weighted by atomic mass is 79.9. The van der Waals surface area contributed by atoms with Crippen LogP contribution in [0.5, 0.6) is 0 Å². The Hall–Kier alpha value is -2.52. The van der Waals surface area contributed by atoms with Crippen molar-refractivity contribution in [3.8, 4) is 23.1 Å². The molecule has 102 valence electrons. The third-order valence-electron chi connectivity index (χ3n) is 3.00. The third kappa shape index (κ3) is 2.69. The first-order valence-corrected chi connectivity index (χ1v) is 7.39. The fourth-order valence-corrected chi connectivity index (χ4v) is 2.30. The van der Waals surface area contributed by atoms with Gasteiger partial charge >= 0.3 is 0 Å². The summed E-state index contributed by atoms with van der Waals surface area (Å²) >= 11 is 3.38. The Labute approximate surface area is 130 Å². The van der Waals surface area contributed by atoms with E-state index in [0.29, 0.717) is 22.4 Å². The van der Waals surface area contributed by atoms with Crippen LogP contribution >= 0.6 is 15.9 Å².